The minimum absolute atomic E-state index is 0. The Morgan fingerprint density at radius 3 is 2.31 bits per heavy atom. The quantitative estimate of drug-likeness (QED) is 0.578. The van der Waals surface area contributed by atoms with E-state index in [-0.39, 0.29) is 7.43 Å². The Morgan fingerprint density at radius 1 is 1.15 bits per heavy atom. The van der Waals surface area contributed by atoms with Gasteiger partial charge < -0.3 is 18.2 Å². The van der Waals surface area contributed by atoms with Crippen LogP contribution in [0, 0.1) is 13.3 Å². The van der Waals surface area contributed by atoms with E-state index in [1.807, 2.05) is 0 Å². The maximum Gasteiger partial charge on any atom is 0.00375 e. The minimum atomic E-state index is 0. The predicted octanol–water partition coefficient (Wildman–Crippen LogP) is 2.93. The number of likely N-dealkylation sites (tertiary alicyclic amines) is 1. The molecule has 1 rings (SSSR count). The van der Waals surface area contributed by atoms with Gasteiger partial charge in [-0.25, -0.2) is 0 Å². The number of hydrogen-bond donors (Lipinski definition) is 0. The summed E-state index contributed by atoms with van der Waals surface area (Å²) in [4.78, 5) is 2.58. The molecule has 0 amide bonds. The smallest absolute Gasteiger partial charge is 0.00375 e. The van der Waals surface area contributed by atoms with Crippen molar-refractivity contribution in [1.82, 2.24) is 4.90 Å². The van der Waals surface area contributed by atoms with Crippen LogP contribution in [0.4, 0.5) is 0 Å². The monoisotopic (exact) mass is 431 g/mol. The Hall–Kier alpha value is -1.04. The van der Waals surface area contributed by atoms with Gasteiger partial charge in [0.15, 0.2) is 0 Å². The molecule has 1 aliphatic rings. The molecule has 0 aromatic rings. The Balaban J connectivity index is 0. The third kappa shape index (κ3) is 4.51. The Bertz CT molecular complexity index is 115. The zero-order valence-electron chi connectivity index (χ0n) is 9.32. The van der Waals surface area contributed by atoms with Crippen molar-refractivity contribution in [3.8, 4) is 0 Å². The molecule has 1 fully saturated rings. The SMILES string of the molecule is C[C-]1CCCN(C(C)C)CC1.[CH3-].[Lr]. The van der Waals surface area contributed by atoms with E-state index in [9.17, 15) is 0 Å². The zero-order chi connectivity index (χ0) is 8.27. The number of rotatable bonds is 1. The Kier molecular flexibility index (Phi) is 7.21. The maximum absolute atomic E-state index is 2.58. The molecule has 0 spiro atoms. The number of nitrogens with zero attached hydrogens (tertiary/aromatic N) is 1. The first kappa shape index (κ1) is 14.5. The van der Waals surface area contributed by atoms with Crippen molar-refractivity contribution in [1.29, 1.82) is 0 Å². The fraction of sp³-hybridized carbons (Fsp3) is 0.818. The van der Waals surface area contributed by atoms with Crippen LogP contribution >= 0.6 is 0 Å². The van der Waals surface area contributed by atoms with Gasteiger partial charge in [0.2, 0.25) is 0 Å². The molecule has 1 heterocycles. The molecule has 1 aliphatic heterocycles. The van der Waals surface area contributed by atoms with E-state index in [0.717, 1.165) is 6.04 Å². The second-order valence-corrected chi connectivity index (χ2v) is 3.94. The third-order valence-electron chi connectivity index (χ3n) is 2.60. The first-order valence-corrected chi connectivity index (χ1v) is 4.75. The van der Waals surface area contributed by atoms with E-state index in [0.29, 0.717) is 0 Å². The van der Waals surface area contributed by atoms with Gasteiger partial charge in [-0.2, -0.15) is 19.8 Å². The van der Waals surface area contributed by atoms with Gasteiger partial charge in [-0.1, -0.05) is 6.42 Å². The average molecular weight is 431 g/mol. The second-order valence-electron chi connectivity index (χ2n) is 3.94. The second kappa shape index (κ2) is 6.47. The van der Waals surface area contributed by atoms with Crippen molar-refractivity contribution in [2.75, 3.05) is 13.1 Å². The maximum atomic E-state index is 2.58. The zero-order valence-corrected chi connectivity index (χ0v) is 11.5. The summed E-state index contributed by atoms with van der Waals surface area (Å²) in [6, 6.07) is 0.737. The molecule has 13 heavy (non-hydrogen) atoms. The molecule has 2 heteroatoms. The minimum Gasteiger partial charge on any atom is -0.358 e. The predicted molar refractivity (Wildman–Crippen MR) is 55.9 cm³/mol. The van der Waals surface area contributed by atoms with Crippen LogP contribution in [-0.4, -0.2) is 24.0 Å². The summed E-state index contributed by atoms with van der Waals surface area (Å²) in [7, 11) is 0. The Morgan fingerprint density at radius 2 is 1.77 bits per heavy atom. The van der Waals surface area contributed by atoms with Crippen LogP contribution in [0.1, 0.15) is 40.0 Å². The van der Waals surface area contributed by atoms with Gasteiger partial charge in [0.05, 0.1) is 0 Å². The topological polar surface area (TPSA) is 3.24 Å². The molecular formula is C11H23LrN-2. The van der Waals surface area contributed by atoms with Gasteiger partial charge in [-0.3, -0.25) is 0 Å². The van der Waals surface area contributed by atoms with E-state index in [2.05, 4.69) is 25.7 Å². The molecule has 1 radical (unpaired) electrons. The number of hydrogen-bond acceptors (Lipinski definition) is 1. The van der Waals surface area contributed by atoms with Crippen molar-refractivity contribution in [3.63, 3.8) is 0 Å². The normalized spacial score (nSPS) is 20.3. The van der Waals surface area contributed by atoms with E-state index < -0.39 is 0 Å². The van der Waals surface area contributed by atoms with Gasteiger partial charge in [0.25, 0.3) is 0 Å². The van der Waals surface area contributed by atoms with Crippen molar-refractivity contribution < 1.29 is 0 Å². The fourth-order valence-corrected chi connectivity index (χ4v) is 1.67. The first-order chi connectivity index (χ1) is 5.20. The van der Waals surface area contributed by atoms with Gasteiger partial charge in [-0.05, 0) is 26.9 Å². The van der Waals surface area contributed by atoms with Crippen LogP contribution in [0.2, 0.25) is 0 Å². The molecule has 0 saturated carbocycles. The van der Waals surface area contributed by atoms with E-state index >= 15 is 0 Å². The molecule has 0 aromatic carbocycles. The molecule has 89 valence electrons. The largest absolute Gasteiger partial charge is 0.358 e. The van der Waals surface area contributed by atoms with Crippen molar-refractivity contribution in [3.05, 3.63) is 13.3 Å². The van der Waals surface area contributed by atoms with Crippen molar-refractivity contribution in [2.45, 2.75) is 46.1 Å². The molecule has 0 aromatic heterocycles. The summed E-state index contributed by atoms with van der Waals surface area (Å²) in [6.45, 7) is 9.46. The van der Waals surface area contributed by atoms with E-state index in [4.69, 9.17) is 0 Å². The molecular weight excluding hydrogens is 408 g/mol. The van der Waals surface area contributed by atoms with Gasteiger partial charge in [0, 0.05) is 6.04 Å². The van der Waals surface area contributed by atoms with Crippen LogP contribution in [0.15, 0.2) is 0 Å². The van der Waals surface area contributed by atoms with Crippen LogP contribution < -0.4 is 0 Å². The average Bonchev–Trinajstić information content (AvgIpc) is 2.13. The summed E-state index contributed by atoms with van der Waals surface area (Å²) in [5.74, 6) is 1.69. The first-order valence-electron chi connectivity index (χ1n) is 4.75. The van der Waals surface area contributed by atoms with Crippen LogP contribution in [0.25, 0.3) is 0 Å². The summed E-state index contributed by atoms with van der Waals surface area (Å²) < 4.78 is 0. The third-order valence-corrected chi connectivity index (χ3v) is 2.60. The van der Waals surface area contributed by atoms with Crippen LogP contribution in [0.3, 0.4) is 0 Å². The van der Waals surface area contributed by atoms with Crippen molar-refractivity contribution in [2.24, 2.45) is 0 Å². The molecule has 1 saturated heterocycles. The van der Waals surface area contributed by atoms with Gasteiger partial charge in [0.1, 0.15) is 0 Å². The molecule has 0 aliphatic carbocycles. The summed E-state index contributed by atoms with van der Waals surface area (Å²) in [5.41, 5.74) is 0. The molecule has 0 unspecified atom stereocenters. The molecule has 0 bridgehead atoms. The van der Waals surface area contributed by atoms with Crippen molar-refractivity contribution >= 4 is 0 Å². The summed E-state index contributed by atoms with van der Waals surface area (Å²) >= 11 is 0. The standard InChI is InChI=1S/C10H20N.CH3.Lr/c1-9(2)11-7-4-5-10(3)6-8-11;;/h9H,4-8H2,1-3H3;1H3;/q2*-1;. The van der Waals surface area contributed by atoms with Gasteiger partial charge in [-0.15, -0.1) is 0 Å². The van der Waals surface area contributed by atoms with E-state index in [1.165, 1.54) is 32.4 Å². The van der Waals surface area contributed by atoms with Gasteiger partial charge >= 0.3 is 0 Å². The molecule has 1 nitrogen and oxygen atoms in total. The van der Waals surface area contributed by atoms with Crippen LogP contribution in [0.5, 0.6) is 0 Å². The summed E-state index contributed by atoms with van der Waals surface area (Å²) in [6.07, 6.45) is 4.03. The fourth-order valence-electron chi connectivity index (χ4n) is 1.67. The van der Waals surface area contributed by atoms with Crippen LogP contribution in [-0.2, 0) is 0 Å². The Labute approximate surface area is 78.1 Å². The summed E-state index contributed by atoms with van der Waals surface area (Å²) in [5, 5.41) is 0. The van der Waals surface area contributed by atoms with E-state index in [1.54, 1.807) is 5.92 Å². The molecule has 0 atom stereocenters. The molecule has 0 N–H and O–H groups in total.